The number of hydrogen-bond donors (Lipinski definition) is 1. The molecule has 1 unspecified atom stereocenters. The Morgan fingerprint density at radius 1 is 1.33 bits per heavy atom. The molecule has 0 N–H and O–H groups in total. The summed E-state index contributed by atoms with van der Waals surface area (Å²) >= 11 is 4.31. The van der Waals surface area contributed by atoms with E-state index in [4.69, 9.17) is 4.74 Å². The smallest absolute Gasteiger partial charge is 0.337 e. The van der Waals surface area contributed by atoms with Crippen LogP contribution in [-0.4, -0.2) is 25.4 Å². The third kappa shape index (κ3) is 4.61. The molecule has 0 saturated carbocycles. The lowest BCUT2D eigenvalue weighted by Gasteiger charge is -2.14. The predicted molar refractivity (Wildman–Crippen MR) is 75.5 cm³/mol. The second kappa shape index (κ2) is 8.03. The van der Waals surface area contributed by atoms with Crippen molar-refractivity contribution in [3.8, 4) is 5.75 Å². The summed E-state index contributed by atoms with van der Waals surface area (Å²) in [5.41, 5.74) is 0.532. The molecule has 0 saturated heterocycles. The van der Waals surface area contributed by atoms with E-state index in [-0.39, 0.29) is 5.97 Å². The van der Waals surface area contributed by atoms with Gasteiger partial charge in [-0.2, -0.15) is 12.6 Å². The molecule has 0 aromatic heterocycles. The Kier molecular flexibility index (Phi) is 6.65. The minimum absolute atomic E-state index is 0.333. The van der Waals surface area contributed by atoms with Crippen LogP contribution in [-0.2, 0) is 4.74 Å². The highest BCUT2D eigenvalue weighted by Gasteiger charge is 2.08. The molecule has 0 radical (unpaired) electrons. The van der Waals surface area contributed by atoms with Crippen LogP contribution in [0.3, 0.4) is 0 Å². The number of hydrogen-bond acceptors (Lipinski definition) is 4. The topological polar surface area (TPSA) is 35.5 Å². The highest BCUT2D eigenvalue weighted by atomic mass is 32.1. The van der Waals surface area contributed by atoms with Gasteiger partial charge in [0.15, 0.2) is 0 Å². The number of methoxy groups -OCH3 is 1. The second-order valence-electron chi connectivity index (χ2n) is 4.16. The van der Waals surface area contributed by atoms with Gasteiger partial charge in [0.25, 0.3) is 0 Å². The van der Waals surface area contributed by atoms with Crippen LogP contribution in [0.25, 0.3) is 0 Å². The summed E-state index contributed by atoms with van der Waals surface area (Å²) in [7, 11) is 1.37. The first kappa shape index (κ1) is 14.9. The van der Waals surface area contributed by atoms with Gasteiger partial charge in [0, 0.05) is 5.92 Å². The maximum absolute atomic E-state index is 11.2. The second-order valence-corrected chi connectivity index (χ2v) is 4.53. The Labute approximate surface area is 114 Å². The fourth-order valence-corrected chi connectivity index (χ4v) is 1.94. The van der Waals surface area contributed by atoms with E-state index in [1.54, 1.807) is 24.3 Å². The molecule has 0 heterocycles. The van der Waals surface area contributed by atoms with Gasteiger partial charge in [-0.1, -0.05) is 13.3 Å². The van der Waals surface area contributed by atoms with Crippen LogP contribution in [0, 0.1) is 5.92 Å². The van der Waals surface area contributed by atoms with Crippen molar-refractivity contribution in [1.29, 1.82) is 0 Å². The Morgan fingerprint density at radius 2 is 2.00 bits per heavy atom. The van der Waals surface area contributed by atoms with Gasteiger partial charge < -0.3 is 9.47 Å². The summed E-state index contributed by atoms with van der Waals surface area (Å²) in [5, 5.41) is 0. The van der Waals surface area contributed by atoms with Crippen molar-refractivity contribution in [2.75, 3.05) is 19.5 Å². The van der Waals surface area contributed by atoms with Gasteiger partial charge in [0.05, 0.1) is 19.3 Å². The van der Waals surface area contributed by atoms with Gasteiger partial charge in [-0.05, 0) is 36.4 Å². The first-order valence-corrected chi connectivity index (χ1v) is 6.76. The third-order valence-corrected chi connectivity index (χ3v) is 3.23. The SMILES string of the molecule is CCCC(CS)COc1ccc(C(=O)OC)cc1. The molecule has 1 atom stereocenters. The molecule has 0 aliphatic carbocycles. The van der Waals surface area contributed by atoms with E-state index >= 15 is 0 Å². The quantitative estimate of drug-likeness (QED) is 0.609. The number of thiol groups is 1. The van der Waals surface area contributed by atoms with Crippen molar-refractivity contribution in [1.82, 2.24) is 0 Å². The molecule has 1 rings (SSSR count). The molecule has 100 valence electrons. The number of esters is 1. The van der Waals surface area contributed by atoms with Crippen LogP contribution < -0.4 is 4.74 Å². The predicted octanol–water partition coefficient (Wildman–Crippen LogP) is 3.20. The van der Waals surface area contributed by atoms with Crippen LogP contribution in [0.15, 0.2) is 24.3 Å². The van der Waals surface area contributed by atoms with Crippen LogP contribution in [0.4, 0.5) is 0 Å². The summed E-state index contributed by atoms with van der Waals surface area (Å²) in [4.78, 5) is 11.2. The van der Waals surface area contributed by atoms with Crippen LogP contribution in [0.1, 0.15) is 30.1 Å². The normalized spacial score (nSPS) is 11.9. The maximum Gasteiger partial charge on any atom is 0.337 e. The van der Waals surface area contributed by atoms with E-state index in [0.717, 1.165) is 24.3 Å². The number of benzene rings is 1. The molecule has 0 spiro atoms. The van der Waals surface area contributed by atoms with Crippen molar-refractivity contribution in [2.24, 2.45) is 5.92 Å². The summed E-state index contributed by atoms with van der Waals surface area (Å²) in [6.45, 7) is 2.82. The zero-order chi connectivity index (χ0) is 13.4. The molecule has 0 aliphatic heterocycles. The van der Waals surface area contributed by atoms with Crippen molar-refractivity contribution in [3.05, 3.63) is 29.8 Å². The Morgan fingerprint density at radius 3 is 2.50 bits per heavy atom. The summed E-state index contributed by atoms with van der Waals surface area (Å²) in [6, 6.07) is 6.98. The van der Waals surface area contributed by atoms with Gasteiger partial charge in [-0.15, -0.1) is 0 Å². The standard InChI is InChI=1S/C14H20O3S/c1-3-4-11(10-18)9-17-13-7-5-12(6-8-13)14(15)16-2/h5-8,11,18H,3-4,9-10H2,1-2H3. The fourth-order valence-electron chi connectivity index (χ4n) is 1.65. The van der Waals surface area contributed by atoms with E-state index in [1.165, 1.54) is 7.11 Å². The molecular weight excluding hydrogens is 248 g/mol. The van der Waals surface area contributed by atoms with Gasteiger partial charge >= 0.3 is 5.97 Å². The molecule has 1 aromatic rings. The molecular formula is C14H20O3S. The maximum atomic E-state index is 11.2. The molecule has 0 fully saturated rings. The van der Waals surface area contributed by atoms with Gasteiger partial charge in [-0.3, -0.25) is 0 Å². The molecule has 0 amide bonds. The molecule has 0 aliphatic rings. The Hall–Kier alpha value is -1.16. The Bertz CT molecular complexity index is 362. The summed E-state index contributed by atoms with van der Waals surface area (Å²) in [5.74, 6) is 1.73. The van der Waals surface area contributed by atoms with Gasteiger partial charge in [-0.25, -0.2) is 4.79 Å². The van der Waals surface area contributed by atoms with Crippen LogP contribution in [0.5, 0.6) is 5.75 Å². The van der Waals surface area contributed by atoms with Crippen LogP contribution in [0.2, 0.25) is 0 Å². The van der Waals surface area contributed by atoms with E-state index in [9.17, 15) is 4.79 Å². The highest BCUT2D eigenvalue weighted by molar-refractivity contribution is 7.80. The summed E-state index contributed by atoms with van der Waals surface area (Å²) < 4.78 is 10.3. The average molecular weight is 268 g/mol. The zero-order valence-electron chi connectivity index (χ0n) is 10.9. The van der Waals surface area contributed by atoms with E-state index < -0.39 is 0 Å². The van der Waals surface area contributed by atoms with Crippen molar-refractivity contribution < 1.29 is 14.3 Å². The minimum atomic E-state index is -0.333. The van der Waals surface area contributed by atoms with Crippen molar-refractivity contribution in [2.45, 2.75) is 19.8 Å². The lowest BCUT2D eigenvalue weighted by Crippen LogP contribution is -2.13. The highest BCUT2D eigenvalue weighted by Crippen LogP contribution is 2.16. The third-order valence-electron chi connectivity index (χ3n) is 2.72. The minimum Gasteiger partial charge on any atom is -0.493 e. The van der Waals surface area contributed by atoms with Crippen molar-refractivity contribution >= 4 is 18.6 Å². The Balaban J connectivity index is 2.50. The molecule has 1 aromatic carbocycles. The number of carbonyl (C=O) groups excluding carboxylic acids is 1. The van der Waals surface area contributed by atoms with Gasteiger partial charge in [0.2, 0.25) is 0 Å². The van der Waals surface area contributed by atoms with E-state index in [2.05, 4.69) is 24.3 Å². The first-order valence-electron chi connectivity index (χ1n) is 6.13. The molecule has 3 nitrogen and oxygen atoms in total. The molecule has 18 heavy (non-hydrogen) atoms. The fraction of sp³-hybridized carbons (Fsp3) is 0.500. The monoisotopic (exact) mass is 268 g/mol. The first-order chi connectivity index (χ1) is 8.71. The lowest BCUT2D eigenvalue weighted by molar-refractivity contribution is 0.0600. The molecule has 0 bridgehead atoms. The average Bonchev–Trinajstić information content (AvgIpc) is 2.43. The van der Waals surface area contributed by atoms with Crippen molar-refractivity contribution in [3.63, 3.8) is 0 Å². The van der Waals surface area contributed by atoms with E-state index in [0.29, 0.717) is 18.1 Å². The van der Waals surface area contributed by atoms with Crippen LogP contribution >= 0.6 is 12.6 Å². The van der Waals surface area contributed by atoms with Gasteiger partial charge in [0.1, 0.15) is 5.75 Å². The number of rotatable bonds is 7. The molecule has 4 heteroatoms. The largest absolute Gasteiger partial charge is 0.493 e. The zero-order valence-corrected chi connectivity index (χ0v) is 11.8. The lowest BCUT2D eigenvalue weighted by atomic mass is 10.1. The summed E-state index contributed by atoms with van der Waals surface area (Å²) in [6.07, 6.45) is 2.25. The number of carbonyl (C=O) groups is 1. The van der Waals surface area contributed by atoms with E-state index in [1.807, 2.05) is 0 Å². The number of ether oxygens (including phenoxy) is 2.